The van der Waals surface area contributed by atoms with Crippen LogP contribution in [0.2, 0.25) is 0 Å². The molecular weight excluding hydrogens is 769 g/mol. The van der Waals surface area contributed by atoms with Crippen LogP contribution in [-0.4, -0.2) is 37.2 Å². The first-order chi connectivity index (χ1) is 30.5. The maximum atomic E-state index is 12.8. The number of hydrogen-bond acceptors (Lipinski definition) is 6. The summed E-state index contributed by atoms with van der Waals surface area (Å²) in [6, 6.07) is 0. The van der Waals surface area contributed by atoms with Gasteiger partial charge in [0.1, 0.15) is 13.2 Å². The van der Waals surface area contributed by atoms with Gasteiger partial charge in [0.15, 0.2) is 6.10 Å². The minimum Gasteiger partial charge on any atom is -0.462 e. The molecule has 0 aromatic carbocycles. The van der Waals surface area contributed by atoms with Crippen molar-refractivity contribution in [1.82, 2.24) is 0 Å². The summed E-state index contributed by atoms with van der Waals surface area (Å²) in [5.41, 5.74) is 0. The van der Waals surface area contributed by atoms with E-state index in [1.165, 1.54) is 173 Å². The second kappa shape index (κ2) is 51.3. The summed E-state index contributed by atoms with van der Waals surface area (Å²) in [6.07, 6.45) is 59.8. The van der Waals surface area contributed by atoms with Gasteiger partial charge >= 0.3 is 17.9 Å². The molecule has 0 radical (unpaired) electrons. The first kappa shape index (κ1) is 59.6. The minimum absolute atomic E-state index is 0.0796. The Morgan fingerprint density at radius 2 is 0.581 bits per heavy atom. The van der Waals surface area contributed by atoms with Crippen LogP contribution in [0.1, 0.15) is 284 Å². The molecule has 0 aliphatic heterocycles. The molecule has 0 aliphatic carbocycles. The topological polar surface area (TPSA) is 78.9 Å². The SMILES string of the molecule is CCCCC/C=C\C/C=C\C/C=C\CCCCC(=O)OC[C@@H](COC(=O)CCCCCCCCCCCCCCCC)OC(=O)CCCCCCCCCCCCCCCCC. The first-order valence-corrected chi connectivity index (χ1v) is 27.0. The summed E-state index contributed by atoms with van der Waals surface area (Å²) in [6.45, 7) is 6.61. The van der Waals surface area contributed by atoms with Crippen LogP contribution in [0.25, 0.3) is 0 Å². The third-order valence-corrected chi connectivity index (χ3v) is 11.9. The predicted molar refractivity (Wildman–Crippen MR) is 266 cm³/mol. The Hall–Kier alpha value is -2.37. The second-order valence-electron chi connectivity index (χ2n) is 18.2. The maximum Gasteiger partial charge on any atom is 0.306 e. The average molecular weight is 871 g/mol. The Kier molecular flexibility index (Phi) is 49.3. The highest BCUT2D eigenvalue weighted by molar-refractivity contribution is 5.71. The lowest BCUT2D eigenvalue weighted by molar-refractivity contribution is -0.167. The number of esters is 3. The van der Waals surface area contributed by atoms with E-state index in [0.29, 0.717) is 19.3 Å². The van der Waals surface area contributed by atoms with Crippen LogP contribution in [0, 0.1) is 0 Å². The molecule has 0 saturated heterocycles. The first-order valence-electron chi connectivity index (χ1n) is 27.0. The van der Waals surface area contributed by atoms with Gasteiger partial charge in [-0.1, -0.05) is 243 Å². The van der Waals surface area contributed by atoms with E-state index in [1.807, 2.05) is 0 Å². The molecule has 62 heavy (non-hydrogen) atoms. The monoisotopic (exact) mass is 871 g/mol. The van der Waals surface area contributed by atoms with E-state index in [0.717, 1.165) is 70.6 Å². The van der Waals surface area contributed by atoms with Gasteiger partial charge in [-0.05, 0) is 57.8 Å². The fourth-order valence-electron chi connectivity index (χ4n) is 7.80. The van der Waals surface area contributed by atoms with Gasteiger partial charge in [-0.15, -0.1) is 0 Å². The van der Waals surface area contributed by atoms with Crippen LogP contribution in [0.15, 0.2) is 36.5 Å². The van der Waals surface area contributed by atoms with E-state index < -0.39 is 6.10 Å². The molecule has 0 aromatic heterocycles. The molecule has 0 N–H and O–H groups in total. The van der Waals surface area contributed by atoms with Gasteiger partial charge in [-0.2, -0.15) is 0 Å². The Bertz CT molecular complexity index is 1050. The Labute approximate surface area is 385 Å². The zero-order valence-corrected chi connectivity index (χ0v) is 41.4. The zero-order chi connectivity index (χ0) is 45.1. The molecule has 362 valence electrons. The van der Waals surface area contributed by atoms with Crippen molar-refractivity contribution >= 4 is 17.9 Å². The van der Waals surface area contributed by atoms with E-state index in [4.69, 9.17) is 14.2 Å². The van der Waals surface area contributed by atoms with Crippen molar-refractivity contribution in [3.05, 3.63) is 36.5 Å². The van der Waals surface area contributed by atoms with Crippen molar-refractivity contribution in [2.24, 2.45) is 0 Å². The van der Waals surface area contributed by atoms with Crippen molar-refractivity contribution in [3.8, 4) is 0 Å². The molecule has 1 atom stereocenters. The third-order valence-electron chi connectivity index (χ3n) is 11.9. The molecule has 0 fully saturated rings. The molecule has 0 aliphatic rings. The van der Waals surface area contributed by atoms with Crippen molar-refractivity contribution in [3.63, 3.8) is 0 Å². The lowest BCUT2D eigenvalue weighted by atomic mass is 10.0. The van der Waals surface area contributed by atoms with E-state index >= 15 is 0 Å². The second-order valence-corrected chi connectivity index (χ2v) is 18.2. The van der Waals surface area contributed by atoms with Crippen molar-refractivity contribution in [2.45, 2.75) is 290 Å². The van der Waals surface area contributed by atoms with Gasteiger partial charge in [0.25, 0.3) is 0 Å². The van der Waals surface area contributed by atoms with Crippen LogP contribution in [0.3, 0.4) is 0 Å². The molecule has 0 rings (SSSR count). The quantitative estimate of drug-likeness (QED) is 0.0262. The Morgan fingerprint density at radius 1 is 0.323 bits per heavy atom. The van der Waals surface area contributed by atoms with Crippen LogP contribution in [-0.2, 0) is 28.6 Å². The minimum atomic E-state index is -0.782. The van der Waals surface area contributed by atoms with Gasteiger partial charge in [0, 0.05) is 19.3 Å². The maximum absolute atomic E-state index is 12.8. The number of hydrogen-bond donors (Lipinski definition) is 0. The lowest BCUT2D eigenvalue weighted by Gasteiger charge is -2.18. The Balaban J connectivity index is 4.40. The molecule has 0 aromatic rings. The van der Waals surface area contributed by atoms with Gasteiger partial charge in [0.2, 0.25) is 0 Å². The summed E-state index contributed by atoms with van der Waals surface area (Å²) >= 11 is 0. The molecule has 0 saturated carbocycles. The molecule has 0 bridgehead atoms. The molecular formula is C56H102O6. The summed E-state index contributed by atoms with van der Waals surface area (Å²) in [5, 5.41) is 0. The van der Waals surface area contributed by atoms with E-state index in [2.05, 4.69) is 57.2 Å². The number of carbonyl (C=O) groups is 3. The molecule has 0 unspecified atom stereocenters. The van der Waals surface area contributed by atoms with E-state index in [1.54, 1.807) is 0 Å². The molecule has 0 amide bonds. The van der Waals surface area contributed by atoms with Gasteiger partial charge < -0.3 is 14.2 Å². The number of unbranched alkanes of at least 4 members (excludes halogenated alkanes) is 32. The fourth-order valence-corrected chi connectivity index (χ4v) is 7.80. The lowest BCUT2D eigenvalue weighted by Crippen LogP contribution is -2.30. The Morgan fingerprint density at radius 3 is 0.935 bits per heavy atom. The summed E-state index contributed by atoms with van der Waals surface area (Å²) < 4.78 is 16.8. The van der Waals surface area contributed by atoms with Crippen LogP contribution in [0.5, 0.6) is 0 Å². The summed E-state index contributed by atoms with van der Waals surface area (Å²) in [4.78, 5) is 38.0. The van der Waals surface area contributed by atoms with Gasteiger partial charge in [-0.3, -0.25) is 14.4 Å². The molecule has 6 heteroatoms. The standard InChI is InChI=1S/C56H102O6/c1-4-7-10-13-16-19-22-25-28-31-34-37-40-43-46-49-55(58)61-52-53(51-60-54(57)48-45-42-39-36-33-30-27-24-21-18-15-12-9-6-3)62-56(59)50-47-44-41-38-35-32-29-26-23-20-17-14-11-8-5-2/h16,19,25,28,34,37,53H,4-15,17-18,20-24,26-27,29-33,35-36,38-52H2,1-3H3/b19-16-,28-25-,37-34-/t53-/m1/s1. The highest BCUT2D eigenvalue weighted by Crippen LogP contribution is 2.16. The normalized spacial score (nSPS) is 12.2. The van der Waals surface area contributed by atoms with E-state index in [9.17, 15) is 14.4 Å². The van der Waals surface area contributed by atoms with Gasteiger partial charge in [-0.25, -0.2) is 0 Å². The van der Waals surface area contributed by atoms with E-state index in [-0.39, 0.29) is 31.1 Å². The van der Waals surface area contributed by atoms with Gasteiger partial charge in [0.05, 0.1) is 0 Å². The summed E-state index contributed by atoms with van der Waals surface area (Å²) in [7, 11) is 0. The number of rotatable bonds is 49. The predicted octanol–water partition coefficient (Wildman–Crippen LogP) is 17.7. The fraction of sp³-hybridized carbons (Fsp3) is 0.839. The highest BCUT2D eigenvalue weighted by Gasteiger charge is 2.19. The number of carbonyl (C=O) groups excluding carboxylic acids is 3. The van der Waals surface area contributed by atoms with Crippen molar-refractivity contribution < 1.29 is 28.6 Å². The van der Waals surface area contributed by atoms with Crippen LogP contribution in [0.4, 0.5) is 0 Å². The van der Waals surface area contributed by atoms with Crippen LogP contribution < -0.4 is 0 Å². The highest BCUT2D eigenvalue weighted by atomic mass is 16.6. The average Bonchev–Trinajstić information content (AvgIpc) is 3.27. The largest absolute Gasteiger partial charge is 0.462 e. The molecule has 0 heterocycles. The summed E-state index contributed by atoms with van der Waals surface area (Å²) in [5.74, 6) is -0.905. The van der Waals surface area contributed by atoms with Crippen LogP contribution >= 0.6 is 0 Å². The number of ether oxygens (including phenoxy) is 3. The zero-order valence-electron chi connectivity index (χ0n) is 41.4. The third kappa shape index (κ3) is 48.7. The van der Waals surface area contributed by atoms with Crippen molar-refractivity contribution in [1.29, 1.82) is 0 Å². The van der Waals surface area contributed by atoms with Crippen molar-refractivity contribution in [2.75, 3.05) is 13.2 Å². The molecule has 6 nitrogen and oxygen atoms in total. The smallest absolute Gasteiger partial charge is 0.306 e. The number of allylic oxidation sites excluding steroid dienone is 6. The molecule has 0 spiro atoms.